The highest BCUT2D eigenvalue weighted by molar-refractivity contribution is 9.10. The number of hydrogen-bond donors (Lipinski definition) is 0. The van der Waals surface area contributed by atoms with Crippen LogP contribution in [0.5, 0.6) is 0 Å². The maximum absolute atomic E-state index is 12.1. The van der Waals surface area contributed by atoms with Crippen LogP contribution >= 0.6 is 15.9 Å². The van der Waals surface area contributed by atoms with E-state index in [1.807, 2.05) is 24.3 Å². The number of non-ortho nitro benzene ring substituents is 1. The summed E-state index contributed by atoms with van der Waals surface area (Å²) in [6, 6.07) is 13.2. The lowest BCUT2D eigenvalue weighted by molar-refractivity contribution is -0.384. The standard InChI is InChI=1S/C14H10BrNO3/c15-12-5-1-3-10(7-12)8-14(17)11-4-2-6-13(9-11)16(18)19/h1-7,9H,8H2. The highest BCUT2D eigenvalue weighted by Crippen LogP contribution is 2.17. The summed E-state index contributed by atoms with van der Waals surface area (Å²) in [5, 5.41) is 10.7. The highest BCUT2D eigenvalue weighted by Gasteiger charge is 2.12. The lowest BCUT2D eigenvalue weighted by Crippen LogP contribution is -2.04. The van der Waals surface area contributed by atoms with Gasteiger partial charge in [0, 0.05) is 28.6 Å². The van der Waals surface area contributed by atoms with E-state index in [1.54, 1.807) is 6.07 Å². The van der Waals surface area contributed by atoms with Crippen molar-refractivity contribution in [2.75, 3.05) is 0 Å². The SMILES string of the molecule is O=C(Cc1cccc(Br)c1)c1cccc([N+](=O)[O-])c1. The molecule has 0 saturated carbocycles. The van der Waals surface area contributed by atoms with E-state index < -0.39 is 4.92 Å². The molecule has 0 N–H and O–H groups in total. The Morgan fingerprint density at radius 2 is 1.89 bits per heavy atom. The molecule has 0 amide bonds. The zero-order valence-electron chi connectivity index (χ0n) is 9.88. The van der Waals surface area contributed by atoms with Crippen molar-refractivity contribution in [1.82, 2.24) is 0 Å². The number of Topliss-reactive ketones (excluding diaryl/α,β-unsaturated/α-hetero) is 1. The first kappa shape index (κ1) is 13.4. The molecule has 0 aliphatic heterocycles. The van der Waals surface area contributed by atoms with Gasteiger partial charge in [0.1, 0.15) is 0 Å². The lowest BCUT2D eigenvalue weighted by atomic mass is 10.0. The molecule has 2 aromatic carbocycles. The summed E-state index contributed by atoms with van der Waals surface area (Å²) in [5.41, 5.74) is 1.15. The van der Waals surface area contributed by atoms with E-state index in [9.17, 15) is 14.9 Å². The Labute approximate surface area is 118 Å². The van der Waals surface area contributed by atoms with Crippen molar-refractivity contribution in [1.29, 1.82) is 0 Å². The van der Waals surface area contributed by atoms with Gasteiger partial charge in [0.25, 0.3) is 5.69 Å². The Hall–Kier alpha value is -2.01. The quantitative estimate of drug-likeness (QED) is 0.489. The number of nitro benzene ring substituents is 1. The normalized spacial score (nSPS) is 10.2. The topological polar surface area (TPSA) is 60.2 Å². The van der Waals surface area contributed by atoms with Crippen molar-refractivity contribution in [3.8, 4) is 0 Å². The van der Waals surface area contributed by atoms with Crippen molar-refractivity contribution in [3.05, 3.63) is 74.2 Å². The van der Waals surface area contributed by atoms with Gasteiger partial charge in [-0.3, -0.25) is 14.9 Å². The van der Waals surface area contributed by atoms with Crippen molar-refractivity contribution in [2.24, 2.45) is 0 Å². The molecule has 0 spiro atoms. The van der Waals surface area contributed by atoms with E-state index in [1.165, 1.54) is 18.2 Å². The molecule has 96 valence electrons. The lowest BCUT2D eigenvalue weighted by Gasteiger charge is -2.02. The number of ketones is 1. The Bertz CT molecular complexity index is 640. The summed E-state index contributed by atoms with van der Waals surface area (Å²) in [5.74, 6) is -0.137. The Morgan fingerprint density at radius 3 is 2.58 bits per heavy atom. The summed E-state index contributed by atoms with van der Waals surface area (Å²) in [6.07, 6.45) is 0.223. The molecule has 0 unspecified atom stereocenters. The molecule has 0 radical (unpaired) electrons. The van der Waals surface area contributed by atoms with Gasteiger partial charge in [0.2, 0.25) is 0 Å². The Balaban J connectivity index is 2.20. The van der Waals surface area contributed by atoms with E-state index in [0.29, 0.717) is 5.56 Å². The molecule has 0 heterocycles. The van der Waals surface area contributed by atoms with Crippen LogP contribution in [-0.2, 0) is 6.42 Å². The first-order chi connectivity index (χ1) is 9.06. The van der Waals surface area contributed by atoms with Crippen LogP contribution in [0.15, 0.2) is 53.0 Å². The number of carbonyl (C=O) groups excluding carboxylic acids is 1. The van der Waals surface area contributed by atoms with Gasteiger partial charge in [0.05, 0.1) is 4.92 Å². The van der Waals surface area contributed by atoms with Gasteiger partial charge in [-0.25, -0.2) is 0 Å². The summed E-state index contributed by atoms with van der Waals surface area (Å²) in [4.78, 5) is 22.2. The number of rotatable bonds is 4. The van der Waals surface area contributed by atoms with Gasteiger partial charge in [-0.2, -0.15) is 0 Å². The number of nitro groups is 1. The molecular weight excluding hydrogens is 310 g/mol. The van der Waals surface area contributed by atoms with Gasteiger partial charge < -0.3 is 0 Å². The van der Waals surface area contributed by atoms with Crippen LogP contribution in [0, 0.1) is 10.1 Å². The number of halogens is 1. The molecule has 2 aromatic rings. The third kappa shape index (κ3) is 3.48. The average molecular weight is 320 g/mol. The second-order valence-corrected chi connectivity index (χ2v) is 4.95. The zero-order valence-corrected chi connectivity index (χ0v) is 11.5. The van der Waals surface area contributed by atoms with Crippen LogP contribution in [-0.4, -0.2) is 10.7 Å². The molecule has 0 aliphatic rings. The molecule has 0 fully saturated rings. The Morgan fingerprint density at radius 1 is 1.16 bits per heavy atom. The molecule has 0 aliphatic carbocycles. The fourth-order valence-corrected chi connectivity index (χ4v) is 2.17. The van der Waals surface area contributed by atoms with E-state index >= 15 is 0 Å². The van der Waals surface area contributed by atoms with E-state index in [-0.39, 0.29) is 17.9 Å². The molecule has 0 aromatic heterocycles. The molecule has 0 atom stereocenters. The third-order valence-electron chi connectivity index (χ3n) is 2.63. The summed E-state index contributed by atoms with van der Waals surface area (Å²) in [6.45, 7) is 0. The van der Waals surface area contributed by atoms with Crippen LogP contribution in [0.3, 0.4) is 0 Å². The predicted molar refractivity (Wildman–Crippen MR) is 75.3 cm³/mol. The van der Waals surface area contributed by atoms with Crippen LogP contribution in [0.2, 0.25) is 0 Å². The number of benzene rings is 2. The molecule has 5 heteroatoms. The van der Waals surface area contributed by atoms with E-state index in [2.05, 4.69) is 15.9 Å². The minimum atomic E-state index is -0.504. The summed E-state index contributed by atoms with van der Waals surface area (Å²) < 4.78 is 0.900. The first-order valence-electron chi connectivity index (χ1n) is 5.58. The fraction of sp³-hybridized carbons (Fsp3) is 0.0714. The van der Waals surface area contributed by atoms with Gasteiger partial charge in [-0.15, -0.1) is 0 Å². The van der Waals surface area contributed by atoms with Crippen molar-refractivity contribution in [3.63, 3.8) is 0 Å². The van der Waals surface area contributed by atoms with Crippen molar-refractivity contribution >= 4 is 27.4 Å². The van der Waals surface area contributed by atoms with Crippen LogP contribution in [0.25, 0.3) is 0 Å². The first-order valence-corrected chi connectivity index (χ1v) is 6.37. The van der Waals surface area contributed by atoms with Gasteiger partial charge in [0.15, 0.2) is 5.78 Å². The van der Waals surface area contributed by atoms with E-state index in [4.69, 9.17) is 0 Å². The maximum atomic E-state index is 12.1. The summed E-state index contributed by atoms with van der Waals surface area (Å²) in [7, 11) is 0. The Kier molecular flexibility index (Phi) is 4.06. The molecule has 19 heavy (non-hydrogen) atoms. The van der Waals surface area contributed by atoms with Crippen molar-refractivity contribution in [2.45, 2.75) is 6.42 Å². The van der Waals surface area contributed by atoms with Gasteiger partial charge in [-0.05, 0) is 17.7 Å². The summed E-state index contributed by atoms with van der Waals surface area (Å²) >= 11 is 3.34. The third-order valence-corrected chi connectivity index (χ3v) is 3.13. The van der Waals surface area contributed by atoms with Crippen LogP contribution in [0.4, 0.5) is 5.69 Å². The van der Waals surface area contributed by atoms with Crippen LogP contribution < -0.4 is 0 Å². The minimum absolute atomic E-state index is 0.0694. The number of carbonyl (C=O) groups is 1. The van der Waals surface area contributed by atoms with Gasteiger partial charge >= 0.3 is 0 Å². The second kappa shape index (κ2) is 5.75. The molecular formula is C14H10BrNO3. The molecule has 0 saturated heterocycles. The van der Waals surface area contributed by atoms with E-state index in [0.717, 1.165) is 10.0 Å². The maximum Gasteiger partial charge on any atom is 0.270 e. The van der Waals surface area contributed by atoms with Crippen LogP contribution in [0.1, 0.15) is 15.9 Å². The number of nitrogens with zero attached hydrogens (tertiary/aromatic N) is 1. The smallest absolute Gasteiger partial charge is 0.270 e. The molecule has 4 nitrogen and oxygen atoms in total. The average Bonchev–Trinajstić information content (AvgIpc) is 2.39. The fourth-order valence-electron chi connectivity index (χ4n) is 1.73. The van der Waals surface area contributed by atoms with Crippen molar-refractivity contribution < 1.29 is 9.72 Å². The zero-order chi connectivity index (χ0) is 13.8. The number of hydrogen-bond acceptors (Lipinski definition) is 3. The van der Waals surface area contributed by atoms with Gasteiger partial charge in [-0.1, -0.05) is 40.2 Å². The monoisotopic (exact) mass is 319 g/mol. The predicted octanol–water partition coefficient (Wildman–Crippen LogP) is 3.78. The highest BCUT2D eigenvalue weighted by atomic mass is 79.9. The second-order valence-electron chi connectivity index (χ2n) is 4.04. The minimum Gasteiger partial charge on any atom is -0.294 e. The molecule has 0 bridgehead atoms. The largest absolute Gasteiger partial charge is 0.294 e. The molecule has 2 rings (SSSR count).